The minimum atomic E-state index is 0.396. The third kappa shape index (κ3) is 1.29. The van der Waals surface area contributed by atoms with Crippen LogP contribution in [-0.4, -0.2) is 12.3 Å². The first-order valence-corrected chi connectivity index (χ1v) is 3.24. The second kappa shape index (κ2) is 2.73. The summed E-state index contributed by atoms with van der Waals surface area (Å²) in [5.74, 6) is 0.872. The second-order valence-corrected chi connectivity index (χ2v) is 2.43. The van der Waals surface area contributed by atoms with Crippen LogP contribution in [0.4, 0.5) is 0 Å². The van der Waals surface area contributed by atoms with Gasteiger partial charge in [0.05, 0.1) is 12.8 Å². The largest absolute Gasteiger partial charge is 0.467 e. The summed E-state index contributed by atoms with van der Waals surface area (Å²) in [5.41, 5.74) is 0.928. The van der Waals surface area contributed by atoms with Crippen molar-refractivity contribution in [3.63, 3.8) is 0 Å². The highest BCUT2D eigenvalue weighted by Gasteiger charge is 2.06. The van der Waals surface area contributed by atoms with Crippen LogP contribution in [0.1, 0.15) is 25.5 Å². The van der Waals surface area contributed by atoms with E-state index in [4.69, 9.17) is 9.26 Å². The van der Waals surface area contributed by atoms with Gasteiger partial charge in [-0.1, -0.05) is 19.0 Å². The summed E-state index contributed by atoms with van der Waals surface area (Å²) in [6, 6.07) is 1.80. The van der Waals surface area contributed by atoms with Crippen LogP contribution in [0.25, 0.3) is 0 Å². The van der Waals surface area contributed by atoms with Gasteiger partial charge in [-0.3, -0.25) is 0 Å². The molecule has 56 valence electrons. The molecule has 3 heteroatoms. The first-order chi connectivity index (χ1) is 4.74. The Kier molecular flexibility index (Phi) is 1.94. The van der Waals surface area contributed by atoms with Crippen molar-refractivity contribution in [1.29, 1.82) is 0 Å². The Hall–Kier alpha value is -0.990. The van der Waals surface area contributed by atoms with Crippen molar-refractivity contribution in [2.45, 2.75) is 19.8 Å². The average molecular weight is 141 g/mol. The van der Waals surface area contributed by atoms with Gasteiger partial charge >= 0.3 is 5.95 Å². The number of methoxy groups -OCH3 is 1. The summed E-state index contributed by atoms with van der Waals surface area (Å²) in [6.07, 6.45) is 0. The van der Waals surface area contributed by atoms with Crippen LogP contribution < -0.4 is 4.74 Å². The van der Waals surface area contributed by atoms with E-state index in [1.807, 2.05) is 0 Å². The van der Waals surface area contributed by atoms with Gasteiger partial charge in [0, 0.05) is 6.07 Å². The maximum absolute atomic E-state index is 4.82. The summed E-state index contributed by atoms with van der Waals surface area (Å²) in [6.45, 7) is 4.11. The van der Waals surface area contributed by atoms with E-state index in [2.05, 4.69) is 19.0 Å². The lowest BCUT2D eigenvalue weighted by atomic mass is 10.1. The van der Waals surface area contributed by atoms with E-state index >= 15 is 0 Å². The Labute approximate surface area is 60.0 Å². The molecule has 1 aromatic heterocycles. The summed E-state index contributed by atoms with van der Waals surface area (Å²) >= 11 is 0. The smallest absolute Gasteiger partial charge is 0.311 e. The van der Waals surface area contributed by atoms with Gasteiger partial charge in [-0.15, -0.1) is 0 Å². The molecular formula is C7H11NO2. The Morgan fingerprint density at radius 3 is 2.60 bits per heavy atom. The van der Waals surface area contributed by atoms with Crippen LogP contribution in [0.2, 0.25) is 0 Å². The first-order valence-electron chi connectivity index (χ1n) is 3.24. The molecule has 0 atom stereocenters. The van der Waals surface area contributed by atoms with Gasteiger partial charge in [-0.2, -0.15) is 0 Å². The minimum absolute atomic E-state index is 0.396. The van der Waals surface area contributed by atoms with Crippen molar-refractivity contribution in [1.82, 2.24) is 5.16 Å². The van der Waals surface area contributed by atoms with E-state index in [0.29, 0.717) is 11.9 Å². The van der Waals surface area contributed by atoms with Crippen molar-refractivity contribution in [3.8, 4) is 5.95 Å². The van der Waals surface area contributed by atoms with Crippen LogP contribution in [-0.2, 0) is 0 Å². The van der Waals surface area contributed by atoms with Gasteiger partial charge in [-0.05, 0) is 5.92 Å². The van der Waals surface area contributed by atoms with Crippen molar-refractivity contribution >= 4 is 0 Å². The zero-order chi connectivity index (χ0) is 7.56. The topological polar surface area (TPSA) is 35.3 Å². The third-order valence-electron chi connectivity index (χ3n) is 1.30. The number of rotatable bonds is 2. The summed E-state index contributed by atoms with van der Waals surface area (Å²) in [4.78, 5) is 0. The van der Waals surface area contributed by atoms with Crippen LogP contribution >= 0.6 is 0 Å². The molecule has 1 heterocycles. The maximum atomic E-state index is 4.82. The Bertz CT molecular complexity index is 205. The van der Waals surface area contributed by atoms with E-state index in [9.17, 15) is 0 Å². The van der Waals surface area contributed by atoms with E-state index in [1.54, 1.807) is 13.2 Å². The van der Waals surface area contributed by atoms with Crippen molar-refractivity contribution < 1.29 is 9.26 Å². The van der Waals surface area contributed by atoms with Gasteiger partial charge in [-0.25, -0.2) is 0 Å². The minimum Gasteiger partial charge on any atom is -0.467 e. The Balaban J connectivity index is 2.78. The van der Waals surface area contributed by atoms with E-state index in [1.165, 1.54) is 0 Å². The molecule has 0 bridgehead atoms. The molecule has 0 amide bonds. The highest BCUT2D eigenvalue weighted by molar-refractivity contribution is 5.12. The van der Waals surface area contributed by atoms with Crippen LogP contribution in [0.5, 0.6) is 5.95 Å². The number of hydrogen-bond acceptors (Lipinski definition) is 3. The molecule has 0 fully saturated rings. The van der Waals surface area contributed by atoms with Crippen molar-refractivity contribution in [2.24, 2.45) is 0 Å². The fraction of sp³-hybridized carbons (Fsp3) is 0.571. The zero-order valence-electron chi connectivity index (χ0n) is 6.42. The van der Waals surface area contributed by atoms with Gasteiger partial charge in [0.15, 0.2) is 0 Å². The van der Waals surface area contributed by atoms with Crippen LogP contribution in [0.3, 0.4) is 0 Å². The van der Waals surface area contributed by atoms with Crippen LogP contribution in [0.15, 0.2) is 10.6 Å². The molecule has 0 aliphatic rings. The molecule has 0 radical (unpaired) electrons. The number of hydrogen-bond donors (Lipinski definition) is 0. The molecule has 3 nitrogen and oxygen atoms in total. The molecule has 10 heavy (non-hydrogen) atoms. The number of aromatic nitrogens is 1. The molecule has 1 aromatic rings. The average Bonchev–Trinajstić information content (AvgIpc) is 2.34. The predicted octanol–water partition coefficient (Wildman–Crippen LogP) is 1.81. The molecular weight excluding hydrogens is 130 g/mol. The normalized spacial score (nSPS) is 10.4. The van der Waals surface area contributed by atoms with Crippen LogP contribution in [0, 0.1) is 0 Å². The molecule has 0 saturated heterocycles. The van der Waals surface area contributed by atoms with E-state index < -0.39 is 0 Å². The van der Waals surface area contributed by atoms with Gasteiger partial charge in [0.1, 0.15) is 0 Å². The fourth-order valence-electron chi connectivity index (χ4n) is 0.639. The Morgan fingerprint density at radius 1 is 1.60 bits per heavy atom. The molecule has 0 aliphatic carbocycles. The predicted molar refractivity (Wildman–Crippen MR) is 37.1 cm³/mol. The SMILES string of the molecule is COc1cc(C(C)C)no1. The third-order valence-corrected chi connectivity index (χ3v) is 1.30. The second-order valence-electron chi connectivity index (χ2n) is 2.43. The molecule has 1 rings (SSSR count). The zero-order valence-corrected chi connectivity index (χ0v) is 6.42. The summed E-state index contributed by atoms with van der Waals surface area (Å²) in [7, 11) is 1.56. The van der Waals surface area contributed by atoms with Gasteiger partial charge < -0.3 is 9.26 Å². The van der Waals surface area contributed by atoms with Gasteiger partial charge in [0.2, 0.25) is 0 Å². The van der Waals surface area contributed by atoms with E-state index in [-0.39, 0.29) is 0 Å². The van der Waals surface area contributed by atoms with E-state index in [0.717, 1.165) is 5.69 Å². The monoisotopic (exact) mass is 141 g/mol. The molecule has 0 saturated carbocycles. The fourth-order valence-corrected chi connectivity index (χ4v) is 0.639. The lowest BCUT2D eigenvalue weighted by Crippen LogP contribution is -1.84. The highest BCUT2D eigenvalue weighted by atomic mass is 16.6. The number of ether oxygens (including phenoxy) is 1. The highest BCUT2D eigenvalue weighted by Crippen LogP contribution is 2.18. The Morgan fingerprint density at radius 2 is 2.30 bits per heavy atom. The lowest BCUT2D eigenvalue weighted by Gasteiger charge is -1.92. The quantitative estimate of drug-likeness (QED) is 0.630. The molecule has 0 aliphatic heterocycles. The van der Waals surface area contributed by atoms with Gasteiger partial charge in [0.25, 0.3) is 0 Å². The van der Waals surface area contributed by atoms with Crippen molar-refractivity contribution in [3.05, 3.63) is 11.8 Å². The maximum Gasteiger partial charge on any atom is 0.311 e. The molecule has 0 spiro atoms. The summed E-state index contributed by atoms with van der Waals surface area (Å²) in [5, 5.41) is 3.79. The number of nitrogens with zero attached hydrogens (tertiary/aromatic N) is 1. The lowest BCUT2D eigenvalue weighted by molar-refractivity contribution is 0.259. The summed E-state index contributed by atoms with van der Waals surface area (Å²) < 4.78 is 9.62. The molecule has 0 N–H and O–H groups in total. The molecule has 0 unspecified atom stereocenters. The first kappa shape index (κ1) is 7.12. The molecule has 0 aromatic carbocycles. The standard InChI is InChI=1S/C7H11NO2/c1-5(2)6-4-7(9-3)10-8-6/h4-5H,1-3H3. The van der Waals surface area contributed by atoms with Crippen molar-refractivity contribution in [2.75, 3.05) is 7.11 Å².